The van der Waals surface area contributed by atoms with E-state index in [4.69, 9.17) is 5.73 Å². The van der Waals surface area contributed by atoms with Crippen molar-refractivity contribution in [1.82, 2.24) is 0 Å². The molecule has 84 valence electrons. The van der Waals surface area contributed by atoms with E-state index in [1.54, 1.807) is 0 Å². The molecule has 1 unspecified atom stereocenters. The zero-order valence-electron chi connectivity index (χ0n) is 10.5. The van der Waals surface area contributed by atoms with Crippen LogP contribution in [0.3, 0.4) is 0 Å². The molecule has 1 atom stereocenters. The van der Waals surface area contributed by atoms with E-state index >= 15 is 0 Å². The van der Waals surface area contributed by atoms with Gasteiger partial charge >= 0.3 is 0 Å². The highest BCUT2D eigenvalue weighted by Crippen LogP contribution is 2.36. The summed E-state index contributed by atoms with van der Waals surface area (Å²) >= 11 is 0. The fraction of sp³-hybridized carbons (Fsp3) is 0.917. The molecule has 0 heterocycles. The zero-order chi connectivity index (χ0) is 11.6. The molecule has 0 spiro atoms. The second-order valence-corrected chi connectivity index (χ2v) is 6.00. The van der Waals surface area contributed by atoms with Crippen LogP contribution in [0.15, 0.2) is 0 Å². The van der Waals surface area contributed by atoms with Gasteiger partial charge in [-0.15, -0.1) is 0 Å². The minimum absolute atomic E-state index is 0.170. The van der Waals surface area contributed by atoms with Gasteiger partial charge in [-0.2, -0.15) is 0 Å². The quantitative estimate of drug-likeness (QED) is 0.743. The predicted molar refractivity (Wildman–Crippen MR) is 60.8 cm³/mol. The zero-order valence-corrected chi connectivity index (χ0v) is 10.5. The summed E-state index contributed by atoms with van der Waals surface area (Å²) in [5.41, 5.74) is 5.38. The monoisotopic (exact) mass is 199 g/mol. The molecule has 0 aromatic heterocycles. The summed E-state index contributed by atoms with van der Waals surface area (Å²) in [6, 6.07) is 0. The molecule has 0 aromatic carbocycles. The second-order valence-electron chi connectivity index (χ2n) is 6.00. The summed E-state index contributed by atoms with van der Waals surface area (Å²) in [5, 5.41) is 0. The number of carbonyl (C=O) groups excluding carboxylic acids is 1. The van der Waals surface area contributed by atoms with Crippen LogP contribution in [0.5, 0.6) is 0 Å². The van der Waals surface area contributed by atoms with E-state index in [1.807, 2.05) is 6.92 Å². The fourth-order valence-corrected chi connectivity index (χ4v) is 1.33. The lowest BCUT2D eigenvalue weighted by Gasteiger charge is -2.33. The third-order valence-electron chi connectivity index (χ3n) is 3.23. The van der Waals surface area contributed by atoms with Gasteiger partial charge in [0.05, 0.1) is 0 Å². The van der Waals surface area contributed by atoms with E-state index in [1.165, 1.54) is 0 Å². The van der Waals surface area contributed by atoms with Crippen molar-refractivity contribution in [2.75, 3.05) is 0 Å². The number of carbonyl (C=O) groups is 1. The SMILES string of the molecule is CC(C)C(C)(CCC(C)(C)C)C(N)=O. The molecule has 0 rings (SSSR count). The molecular formula is C12H25NO. The smallest absolute Gasteiger partial charge is 0.223 e. The molecule has 0 saturated carbocycles. The van der Waals surface area contributed by atoms with Crippen molar-refractivity contribution in [3.05, 3.63) is 0 Å². The summed E-state index contributed by atoms with van der Waals surface area (Å²) in [7, 11) is 0. The molecule has 0 saturated heterocycles. The molecule has 2 N–H and O–H groups in total. The predicted octanol–water partition coefficient (Wildman–Crippen LogP) is 2.96. The normalized spacial score (nSPS) is 16.8. The Morgan fingerprint density at radius 1 is 1.14 bits per heavy atom. The molecule has 0 bridgehead atoms. The van der Waals surface area contributed by atoms with Crippen LogP contribution in [0.4, 0.5) is 0 Å². The van der Waals surface area contributed by atoms with E-state index in [-0.39, 0.29) is 16.7 Å². The van der Waals surface area contributed by atoms with E-state index in [0.29, 0.717) is 5.92 Å². The number of amides is 1. The highest BCUT2D eigenvalue weighted by atomic mass is 16.1. The summed E-state index contributed by atoms with van der Waals surface area (Å²) in [4.78, 5) is 11.4. The van der Waals surface area contributed by atoms with Crippen LogP contribution in [-0.4, -0.2) is 5.91 Å². The first-order valence-corrected chi connectivity index (χ1v) is 5.39. The van der Waals surface area contributed by atoms with Crippen LogP contribution < -0.4 is 5.73 Å². The van der Waals surface area contributed by atoms with Crippen molar-refractivity contribution in [2.24, 2.45) is 22.5 Å². The van der Waals surface area contributed by atoms with Gasteiger partial charge in [-0.25, -0.2) is 0 Å². The molecule has 0 aliphatic carbocycles. The van der Waals surface area contributed by atoms with Gasteiger partial charge in [-0.05, 0) is 24.2 Å². The number of hydrogen-bond acceptors (Lipinski definition) is 1. The van der Waals surface area contributed by atoms with Gasteiger partial charge < -0.3 is 5.73 Å². The molecule has 0 aliphatic rings. The van der Waals surface area contributed by atoms with Gasteiger partial charge in [0, 0.05) is 5.41 Å². The summed E-state index contributed by atoms with van der Waals surface area (Å²) in [6.45, 7) is 12.7. The van der Waals surface area contributed by atoms with E-state index in [9.17, 15) is 4.79 Å². The summed E-state index contributed by atoms with van der Waals surface area (Å²) in [5.74, 6) is 0.138. The first-order chi connectivity index (χ1) is 6.09. The van der Waals surface area contributed by atoms with Gasteiger partial charge in [-0.3, -0.25) is 4.79 Å². The first-order valence-electron chi connectivity index (χ1n) is 5.39. The average Bonchev–Trinajstić information content (AvgIpc) is 1.97. The standard InChI is InChI=1S/C12H25NO/c1-9(2)12(6,10(13)14)8-7-11(3,4)5/h9H,7-8H2,1-6H3,(H2,13,14). The Hall–Kier alpha value is -0.530. The van der Waals surface area contributed by atoms with Crippen molar-refractivity contribution in [2.45, 2.75) is 54.4 Å². The van der Waals surface area contributed by atoms with Crippen molar-refractivity contribution in [1.29, 1.82) is 0 Å². The molecule has 0 aliphatic heterocycles. The van der Waals surface area contributed by atoms with Crippen molar-refractivity contribution < 1.29 is 4.79 Å². The lowest BCUT2D eigenvalue weighted by molar-refractivity contribution is -0.129. The van der Waals surface area contributed by atoms with Gasteiger partial charge in [0.1, 0.15) is 0 Å². The maximum Gasteiger partial charge on any atom is 0.223 e. The van der Waals surface area contributed by atoms with Crippen molar-refractivity contribution in [3.63, 3.8) is 0 Å². The van der Waals surface area contributed by atoms with Gasteiger partial charge in [0.25, 0.3) is 0 Å². The topological polar surface area (TPSA) is 43.1 Å². The Bertz CT molecular complexity index is 203. The minimum Gasteiger partial charge on any atom is -0.369 e. The van der Waals surface area contributed by atoms with Crippen LogP contribution in [0.2, 0.25) is 0 Å². The number of primary amides is 1. The van der Waals surface area contributed by atoms with Gasteiger partial charge in [0.2, 0.25) is 5.91 Å². The number of hydrogen-bond donors (Lipinski definition) is 1. The molecular weight excluding hydrogens is 174 g/mol. The molecule has 0 radical (unpaired) electrons. The highest BCUT2D eigenvalue weighted by molar-refractivity contribution is 5.80. The van der Waals surface area contributed by atoms with Gasteiger partial charge in [-0.1, -0.05) is 41.5 Å². The largest absolute Gasteiger partial charge is 0.369 e. The average molecular weight is 199 g/mol. The van der Waals surface area contributed by atoms with Crippen molar-refractivity contribution in [3.8, 4) is 0 Å². The minimum atomic E-state index is -0.354. The summed E-state index contributed by atoms with van der Waals surface area (Å²) < 4.78 is 0. The number of nitrogens with two attached hydrogens (primary N) is 1. The van der Waals surface area contributed by atoms with Crippen LogP contribution in [0, 0.1) is 16.7 Å². The number of rotatable bonds is 4. The Kier molecular flexibility index (Phi) is 4.16. The van der Waals surface area contributed by atoms with Crippen LogP contribution in [0.1, 0.15) is 54.4 Å². The lowest BCUT2D eigenvalue weighted by atomic mass is 9.72. The molecule has 2 nitrogen and oxygen atoms in total. The Morgan fingerprint density at radius 3 is 1.79 bits per heavy atom. The van der Waals surface area contributed by atoms with E-state index < -0.39 is 0 Å². The van der Waals surface area contributed by atoms with Crippen molar-refractivity contribution >= 4 is 5.91 Å². The first kappa shape index (κ1) is 13.5. The Morgan fingerprint density at radius 2 is 1.57 bits per heavy atom. The third-order valence-corrected chi connectivity index (χ3v) is 3.23. The Balaban J connectivity index is 4.48. The molecule has 0 aromatic rings. The van der Waals surface area contributed by atoms with Gasteiger partial charge in [0.15, 0.2) is 0 Å². The van der Waals surface area contributed by atoms with Crippen LogP contribution in [-0.2, 0) is 4.79 Å². The summed E-state index contributed by atoms with van der Waals surface area (Å²) in [6.07, 6.45) is 1.91. The second kappa shape index (κ2) is 4.33. The van der Waals surface area contributed by atoms with E-state index in [0.717, 1.165) is 12.8 Å². The third kappa shape index (κ3) is 3.69. The Labute approximate surface area is 88.3 Å². The molecule has 1 amide bonds. The molecule has 2 heteroatoms. The van der Waals surface area contributed by atoms with Crippen LogP contribution in [0.25, 0.3) is 0 Å². The highest BCUT2D eigenvalue weighted by Gasteiger charge is 2.35. The van der Waals surface area contributed by atoms with E-state index in [2.05, 4.69) is 34.6 Å². The molecule has 0 fully saturated rings. The van der Waals surface area contributed by atoms with Crippen LogP contribution >= 0.6 is 0 Å². The lowest BCUT2D eigenvalue weighted by Crippen LogP contribution is -2.39. The maximum absolute atomic E-state index is 11.4. The fourth-order valence-electron chi connectivity index (χ4n) is 1.33. The molecule has 14 heavy (non-hydrogen) atoms. The maximum atomic E-state index is 11.4.